The Bertz CT molecular complexity index is 710. The van der Waals surface area contributed by atoms with Gasteiger partial charge in [-0.1, -0.05) is 12.1 Å². The highest BCUT2D eigenvalue weighted by Gasteiger charge is 2.51. The molecule has 0 spiro atoms. The number of benzene rings is 1. The largest absolute Gasteiger partial charge is 0.494 e. The van der Waals surface area contributed by atoms with E-state index in [0.717, 1.165) is 16.8 Å². The summed E-state index contributed by atoms with van der Waals surface area (Å²) in [7, 11) is -0.454. The van der Waals surface area contributed by atoms with E-state index in [1.165, 1.54) is 0 Å². The van der Waals surface area contributed by atoms with Gasteiger partial charge in [0.25, 0.3) is 0 Å². The summed E-state index contributed by atoms with van der Waals surface area (Å²) in [6, 6.07) is 5.69. The second kappa shape index (κ2) is 6.71. The van der Waals surface area contributed by atoms with Gasteiger partial charge >= 0.3 is 13.2 Å². The van der Waals surface area contributed by atoms with E-state index in [0.29, 0.717) is 13.0 Å². The van der Waals surface area contributed by atoms with Crippen LogP contribution in [0.2, 0.25) is 0 Å². The molecule has 1 aromatic rings. The molecule has 1 aromatic carbocycles. The Morgan fingerprint density at radius 2 is 1.81 bits per heavy atom. The zero-order chi connectivity index (χ0) is 20.0. The number of ether oxygens (including phenoxy) is 2. The number of carbonyl (C=O) groups is 1. The molecule has 0 aliphatic carbocycles. The predicted octanol–water partition coefficient (Wildman–Crippen LogP) is 3.33. The van der Waals surface area contributed by atoms with Crippen molar-refractivity contribution in [1.82, 2.24) is 5.32 Å². The van der Waals surface area contributed by atoms with Crippen molar-refractivity contribution in [2.24, 2.45) is 0 Å². The van der Waals surface area contributed by atoms with Crippen LogP contribution in [-0.4, -0.2) is 36.6 Å². The van der Waals surface area contributed by atoms with Crippen molar-refractivity contribution in [2.45, 2.75) is 77.7 Å². The minimum atomic E-state index is -0.539. The molecule has 148 valence electrons. The summed E-state index contributed by atoms with van der Waals surface area (Å²) in [6.07, 6.45) is 0.250. The third-order valence-electron chi connectivity index (χ3n) is 5.29. The molecule has 1 saturated heterocycles. The van der Waals surface area contributed by atoms with Crippen LogP contribution in [0.25, 0.3) is 0 Å². The highest BCUT2D eigenvalue weighted by molar-refractivity contribution is 6.62. The number of nitrogens with one attached hydrogen (secondary N) is 1. The van der Waals surface area contributed by atoms with Crippen LogP contribution in [0.1, 0.15) is 66.5 Å². The average Bonchev–Trinajstić information content (AvgIpc) is 2.73. The smallest absolute Gasteiger partial charge is 0.493 e. The molecule has 7 heteroatoms. The van der Waals surface area contributed by atoms with Crippen molar-refractivity contribution in [2.75, 3.05) is 6.61 Å². The minimum Gasteiger partial charge on any atom is -0.493 e. The lowest BCUT2D eigenvalue weighted by molar-refractivity contribution is 0.00578. The Balaban J connectivity index is 1.81. The first kappa shape index (κ1) is 20.0. The van der Waals surface area contributed by atoms with Crippen molar-refractivity contribution in [3.8, 4) is 5.75 Å². The van der Waals surface area contributed by atoms with Crippen molar-refractivity contribution in [3.05, 3.63) is 23.8 Å². The summed E-state index contributed by atoms with van der Waals surface area (Å²) in [4.78, 5) is 12.2. The van der Waals surface area contributed by atoms with Crippen LogP contribution in [0, 0.1) is 0 Å². The maximum absolute atomic E-state index is 12.2. The molecule has 1 N–H and O–H groups in total. The van der Waals surface area contributed by atoms with Gasteiger partial charge in [0.15, 0.2) is 0 Å². The quantitative estimate of drug-likeness (QED) is 0.804. The zero-order valence-electron chi connectivity index (χ0n) is 17.3. The van der Waals surface area contributed by atoms with E-state index in [1.807, 2.05) is 66.7 Å². The van der Waals surface area contributed by atoms with E-state index in [4.69, 9.17) is 18.8 Å². The highest BCUT2D eigenvalue weighted by atomic mass is 16.7. The van der Waals surface area contributed by atoms with Gasteiger partial charge in [0.2, 0.25) is 0 Å². The normalized spacial score (nSPS) is 23.4. The Morgan fingerprint density at radius 3 is 2.41 bits per heavy atom. The van der Waals surface area contributed by atoms with Crippen LogP contribution < -0.4 is 15.5 Å². The van der Waals surface area contributed by atoms with Crippen LogP contribution in [0.4, 0.5) is 4.79 Å². The van der Waals surface area contributed by atoms with Gasteiger partial charge in [-0.3, -0.25) is 0 Å². The van der Waals surface area contributed by atoms with Crippen LogP contribution in [-0.2, 0) is 14.0 Å². The van der Waals surface area contributed by atoms with Crippen molar-refractivity contribution >= 4 is 18.7 Å². The number of fused-ring (bicyclic) bond motifs is 1. The minimum absolute atomic E-state index is 0.175. The summed E-state index contributed by atoms with van der Waals surface area (Å²) in [5, 5.41) is 2.96. The lowest BCUT2D eigenvalue weighted by Crippen LogP contribution is -2.41. The highest BCUT2D eigenvalue weighted by Crippen LogP contribution is 2.37. The summed E-state index contributed by atoms with van der Waals surface area (Å²) in [5.41, 5.74) is 0.479. The van der Waals surface area contributed by atoms with E-state index >= 15 is 0 Å². The van der Waals surface area contributed by atoms with Gasteiger partial charge in [0.05, 0.1) is 23.9 Å². The van der Waals surface area contributed by atoms with Gasteiger partial charge in [-0.15, -0.1) is 0 Å². The van der Waals surface area contributed by atoms with Crippen LogP contribution in [0.15, 0.2) is 18.2 Å². The molecule has 0 bridgehead atoms. The standard InChI is InChI=1S/C20H30BNO5/c1-18(2,3)25-17(23)22-15-10-11-24-16-9-8-13(12-14(15)16)21-26-19(4,5)20(6,7)27-21/h8-9,12,15H,10-11H2,1-7H3,(H,22,23). The fourth-order valence-corrected chi connectivity index (χ4v) is 3.14. The second-order valence-electron chi connectivity index (χ2n) is 9.22. The van der Waals surface area contributed by atoms with Gasteiger partial charge < -0.3 is 24.1 Å². The summed E-state index contributed by atoms with van der Waals surface area (Å²) >= 11 is 0. The molecule has 27 heavy (non-hydrogen) atoms. The molecule has 3 rings (SSSR count). The van der Waals surface area contributed by atoms with Gasteiger partial charge in [-0.25, -0.2) is 4.79 Å². The van der Waals surface area contributed by atoms with E-state index in [1.54, 1.807) is 0 Å². The van der Waals surface area contributed by atoms with Gasteiger partial charge in [-0.05, 0) is 60.0 Å². The van der Waals surface area contributed by atoms with E-state index in [2.05, 4.69) is 5.32 Å². The molecular weight excluding hydrogens is 345 g/mol. The zero-order valence-corrected chi connectivity index (χ0v) is 17.3. The maximum Gasteiger partial charge on any atom is 0.494 e. The lowest BCUT2D eigenvalue weighted by Gasteiger charge is -2.32. The topological polar surface area (TPSA) is 66.0 Å². The molecule has 1 amide bonds. The molecular formula is C20H30BNO5. The molecule has 1 atom stereocenters. The Labute approximate surface area is 162 Å². The first-order chi connectivity index (χ1) is 12.4. The molecule has 0 aromatic heterocycles. The third kappa shape index (κ3) is 4.24. The summed E-state index contributed by atoms with van der Waals surface area (Å²) < 4.78 is 23.5. The Hall–Kier alpha value is -1.73. The number of hydrogen-bond donors (Lipinski definition) is 1. The fraction of sp³-hybridized carbons (Fsp3) is 0.650. The number of hydrogen-bond acceptors (Lipinski definition) is 5. The van der Waals surface area contributed by atoms with Gasteiger partial charge in [0.1, 0.15) is 11.4 Å². The average molecular weight is 375 g/mol. The monoisotopic (exact) mass is 375 g/mol. The van der Waals surface area contributed by atoms with Crippen molar-refractivity contribution in [1.29, 1.82) is 0 Å². The molecule has 0 saturated carbocycles. The van der Waals surface area contributed by atoms with E-state index in [9.17, 15) is 4.79 Å². The van der Waals surface area contributed by atoms with Crippen LogP contribution >= 0.6 is 0 Å². The molecule has 2 aliphatic heterocycles. The second-order valence-corrected chi connectivity index (χ2v) is 9.22. The number of rotatable bonds is 2. The van der Waals surface area contributed by atoms with Crippen LogP contribution in [0.5, 0.6) is 5.75 Å². The molecule has 2 heterocycles. The first-order valence-electron chi connectivity index (χ1n) is 9.50. The maximum atomic E-state index is 12.2. The number of alkyl carbamates (subject to hydrolysis) is 1. The van der Waals surface area contributed by atoms with E-state index in [-0.39, 0.29) is 6.04 Å². The molecule has 2 aliphatic rings. The molecule has 1 unspecified atom stereocenters. The Morgan fingerprint density at radius 1 is 1.19 bits per heavy atom. The molecule has 6 nitrogen and oxygen atoms in total. The lowest BCUT2D eigenvalue weighted by atomic mass is 9.77. The number of amides is 1. The Kier molecular flexibility index (Phi) is 4.97. The summed E-state index contributed by atoms with van der Waals surface area (Å²) in [5.74, 6) is 0.766. The van der Waals surface area contributed by atoms with Crippen LogP contribution in [0.3, 0.4) is 0 Å². The summed E-state index contributed by atoms with van der Waals surface area (Å²) in [6.45, 7) is 14.2. The third-order valence-corrected chi connectivity index (χ3v) is 5.29. The van der Waals surface area contributed by atoms with E-state index < -0.39 is 30.0 Å². The fourth-order valence-electron chi connectivity index (χ4n) is 3.14. The van der Waals surface area contributed by atoms with Gasteiger partial charge in [0, 0.05) is 12.0 Å². The van der Waals surface area contributed by atoms with Crippen molar-refractivity contribution < 1.29 is 23.6 Å². The van der Waals surface area contributed by atoms with Gasteiger partial charge in [-0.2, -0.15) is 0 Å². The first-order valence-corrected chi connectivity index (χ1v) is 9.50. The predicted molar refractivity (Wildman–Crippen MR) is 104 cm³/mol. The molecule has 1 fully saturated rings. The molecule has 0 radical (unpaired) electrons. The number of carbonyl (C=O) groups excluding carboxylic acids is 1. The SMILES string of the molecule is CC(C)(C)OC(=O)NC1CCOc2ccc(B3OC(C)(C)C(C)(C)O3)cc21. The van der Waals surface area contributed by atoms with Crippen molar-refractivity contribution in [3.63, 3.8) is 0 Å².